The first kappa shape index (κ1) is 23.2. The van der Waals surface area contributed by atoms with Crippen LogP contribution < -0.4 is 21.7 Å². The van der Waals surface area contributed by atoms with Gasteiger partial charge in [0, 0.05) is 37.9 Å². The number of nitrogens with one attached hydrogen (secondary N) is 1. The summed E-state index contributed by atoms with van der Waals surface area (Å²) in [6.45, 7) is 1.58. The minimum Gasteiger partial charge on any atom is -0.390 e. The molecule has 1 aliphatic rings. The molecule has 8 nitrogen and oxygen atoms in total. The number of hydrogen-bond acceptors (Lipinski definition) is 7. The van der Waals surface area contributed by atoms with Crippen LogP contribution in [-0.4, -0.2) is 39.8 Å². The molecular formula is C24H25F2N7OS. The number of nitrogens with zero attached hydrogens (tertiary/aromatic N) is 4. The van der Waals surface area contributed by atoms with E-state index in [1.54, 1.807) is 16.9 Å². The molecule has 35 heavy (non-hydrogen) atoms. The number of carbonyl (C=O) groups excluding carboxylic acids is 1. The van der Waals surface area contributed by atoms with E-state index in [-0.39, 0.29) is 27.7 Å². The quantitative estimate of drug-likeness (QED) is 0.391. The number of aryl methyl sites for hydroxylation is 1. The summed E-state index contributed by atoms with van der Waals surface area (Å²) in [5.41, 5.74) is 13.6. The van der Waals surface area contributed by atoms with Crippen LogP contribution in [0.3, 0.4) is 0 Å². The number of amides is 1. The molecule has 0 bridgehead atoms. The van der Waals surface area contributed by atoms with Gasteiger partial charge in [-0.2, -0.15) is 5.10 Å². The van der Waals surface area contributed by atoms with Crippen LogP contribution in [0.5, 0.6) is 0 Å². The second-order valence-corrected chi connectivity index (χ2v) is 9.73. The number of halogens is 2. The molecule has 1 amide bonds. The molecule has 11 heteroatoms. The van der Waals surface area contributed by atoms with Crippen molar-refractivity contribution in [1.29, 1.82) is 0 Å². The normalized spacial score (nSPS) is 16.5. The Kier molecular flexibility index (Phi) is 6.12. The zero-order valence-electron chi connectivity index (χ0n) is 19.1. The Labute approximate surface area is 204 Å². The van der Waals surface area contributed by atoms with E-state index in [1.807, 2.05) is 7.05 Å². The van der Waals surface area contributed by atoms with Crippen LogP contribution in [0.15, 0.2) is 36.7 Å². The highest BCUT2D eigenvalue weighted by molar-refractivity contribution is 7.23. The van der Waals surface area contributed by atoms with Crippen molar-refractivity contribution in [1.82, 2.24) is 14.8 Å². The summed E-state index contributed by atoms with van der Waals surface area (Å²) in [7, 11) is 1.83. The van der Waals surface area contributed by atoms with E-state index in [2.05, 4.69) is 20.3 Å². The van der Waals surface area contributed by atoms with Crippen LogP contribution >= 0.6 is 11.3 Å². The third kappa shape index (κ3) is 4.32. The van der Waals surface area contributed by atoms with Crippen molar-refractivity contribution in [3.8, 4) is 11.1 Å². The van der Waals surface area contributed by atoms with Gasteiger partial charge < -0.3 is 21.7 Å². The molecule has 182 valence electrons. The van der Waals surface area contributed by atoms with Crippen molar-refractivity contribution >= 4 is 44.0 Å². The van der Waals surface area contributed by atoms with E-state index in [0.717, 1.165) is 49.5 Å². The summed E-state index contributed by atoms with van der Waals surface area (Å²) in [5, 5.41) is 7.53. The largest absolute Gasteiger partial charge is 0.390 e. The molecule has 5 N–H and O–H groups in total. The summed E-state index contributed by atoms with van der Waals surface area (Å²) in [5.74, 6) is -0.998. The molecule has 0 radical (unpaired) electrons. The van der Waals surface area contributed by atoms with Gasteiger partial charge in [-0.1, -0.05) is 6.07 Å². The maximum Gasteiger partial charge on any atom is 0.261 e. The average molecular weight is 498 g/mol. The van der Waals surface area contributed by atoms with Crippen LogP contribution in [-0.2, 0) is 7.05 Å². The maximum atomic E-state index is 14.3. The van der Waals surface area contributed by atoms with Gasteiger partial charge in [-0.05, 0) is 37.5 Å². The second kappa shape index (κ2) is 9.23. The Morgan fingerprint density at radius 3 is 2.74 bits per heavy atom. The monoisotopic (exact) mass is 497 g/mol. The van der Waals surface area contributed by atoms with E-state index >= 15 is 0 Å². The molecule has 4 aromatic rings. The molecule has 1 fully saturated rings. The molecular weight excluding hydrogens is 472 g/mol. The van der Waals surface area contributed by atoms with Gasteiger partial charge in [0.15, 0.2) is 5.82 Å². The molecule has 0 aliphatic carbocycles. The highest BCUT2D eigenvalue weighted by atomic mass is 32.1. The molecule has 0 spiro atoms. The number of thiophene rings is 1. The highest BCUT2D eigenvalue weighted by Gasteiger charge is 2.25. The molecule has 1 aromatic carbocycles. The van der Waals surface area contributed by atoms with Gasteiger partial charge in [0.05, 0.1) is 22.0 Å². The summed E-state index contributed by atoms with van der Waals surface area (Å²) in [6, 6.07) is 5.44. The lowest BCUT2D eigenvalue weighted by molar-refractivity contribution is 0.102. The third-order valence-corrected chi connectivity index (χ3v) is 7.22. The Morgan fingerprint density at radius 1 is 1.20 bits per heavy atom. The van der Waals surface area contributed by atoms with Crippen molar-refractivity contribution in [2.45, 2.75) is 25.3 Å². The lowest BCUT2D eigenvalue weighted by Crippen LogP contribution is -2.29. The van der Waals surface area contributed by atoms with Gasteiger partial charge in [0.25, 0.3) is 5.91 Å². The SMILES string of the molecule is Cn1ncc(NC(=O)c2c(N)sc3cc(-c4c(F)cccc4F)cnc23)c1N1CCC[C@@H](N)CC1. The first-order valence-corrected chi connectivity index (χ1v) is 12.1. The van der Waals surface area contributed by atoms with E-state index in [1.165, 1.54) is 24.4 Å². The maximum absolute atomic E-state index is 14.3. The van der Waals surface area contributed by atoms with Gasteiger partial charge in [-0.3, -0.25) is 14.5 Å². The fourth-order valence-corrected chi connectivity index (χ4v) is 5.50. The number of nitrogens with two attached hydrogens (primary N) is 2. The van der Waals surface area contributed by atoms with Crippen LogP contribution in [0.4, 0.5) is 25.3 Å². The average Bonchev–Trinajstić information content (AvgIpc) is 3.25. The minimum atomic E-state index is -0.688. The lowest BCUT2D eigenvalue weighted by Gasteiger charge is -2.24. The molecule has 0 unspecified atom stereocenters. The fourth-order valence-electron chi connectivity index (χ4n) is 4.54. The number of hydrogen-bond donors (Lipinski definition) is 3. The molecule has 0 saturated carbocycles. The predicted molar refractivity (Wildman–Crippen MR) is 135 cm³/mol. The predicted octanol–water partition coefficient (Wildman–Crippen LogP) is 4.13. The number of aromatic nitrogens is 3. The van der Waals surface area contributed by atoms with Crippen molar-refractivity contribution < 1.29 is 13.6 Å². The first-order valence-electron chi connectivity index (χ1n) is 11.3. The van der Waals surface area contributed by atoms with Crippen LogP contribution in [0, 0.1) is 11.6 Å². The zero-order chi connectivity index (χ0) is 24.7. The van der Waals surface area contributed by atoms with Crippen LogP contribution in [0.1, 0.15) is 29.6 Å². The van der Waals surface area contributed by atoms with Gasteiger partial charge in [-0.15, -0.1) is 11.3 Å². The van der Waals surface area contributed by atoms with Crippen molar-refractivity contribution in [3.63, 3.8) is 0 Å². The van der Waals surface area contributed by atoms with Gasteiger partial charge in [0.2, 0.25) is 0 Å². The fraction of sp³-hybridized carbons (Fsp3) is 0.292. The molecule has 3 aromatic heterocycles. The number of carbonyl (C=O) groups is 1. The van der Waals surface area contributed by atoms with Gasteiger partial charge in [-0.25, -0.2) is 8.78 Å². The number of benzene rings is 1. The Bertz CT molecular complexity index is 1400. The summed E-state index contributed by atoms with van der Waals surface area (Å²) in [6.07, 6.45) is 5.72. The first-order chi connectivity index (χ1) is 16.8. The van der Waals surface area contributed by atoms with E-state index in [9.17, 15) is 13.6 Å². The van der Waals surface area contributed by atoms with Crippen molar-refractivity contribution in [2.75, 3.05) is 29.0 Å². The topological polar surface area (TPSA) is 115 Å². The van der Waals surface area contributed by atoms with Crippen LogP contribution in [0.2, 0.25) is 0 Å². The van der Waals surface area contributed by atoms with Gasteiger partial charge >= 0.3 is 0 Å². The number of pyridine rings is 1. The standard InChI is InChI=1S/C24H25F2N7OS/c1-32-24(33-8-3-4-14(27)7-9-33)17(12-30-32)31-23(34)20-21-18(35-22(20)28)10-13(11-29-21)19-15(25)5-2-6-16(19)26/h2,5-6,10-12,14H,3-4,7-9,27-28H2,1H3,(H,31,34)/t14-/m1/s1. The molecule has 1 aliphatic heterocycles. The van der Waals surface area contributed by atoms with Crippen molar-refractivity contribution in [3.05, 3.63) is 53.9 Å². The summed E-state index contributed by atoms with van der Waals surface area (Å²) < 4.78 is 30.8. The summed E-state index contributed by atoms with van der Waals surface area (Å²) >= 11 is 1.14. The Hall–Kier alpha value is -3.57. The van der Waals surface area contributed by atoms with Crippen LogP contribution in [0.25, 0.3) is 21.3 Å². The highest BCUT2D eigenvalue weighted by Crippen LogP contribution is 2.37. The van der Waals surface area contributed by atoms with E-state index in [0.29, 0.717) is 15.9 Å². The third-order valence-electron chi connectivity index (χ3n) is 6.26. The molecule has 4 heterocycles. The second-order valence-electron chi connectivity index (χ2n) is 8.65. The Balaban J connectivity index is 1.46. The van der Waals surface area contributed by atoms with Crippen molar-refractivity contribution in [2.24, 2.45) is 12.8 Å². The summed E-state index contributed by atoms with van der Waals surface area (Å²) in [4.78, 5) is 19.8. The van der Waals surface area contributed by atoms with Gasteiger partial charge in [0.1, 0.15) is 27.9 Å². The molecule has 1 saturated heterocycles. The lowest BCUT2D eigenvalue weighted by atomic mass is 10.1. The number of fused-ring (bicyclic) bond motifs is 1. The number of rotatable bonds is 4. The minimum absolute atomic E-state index is 0.164. The zero-order valence-corrected chi connectivity index (χ0v) is 19.9. The Morgan fingerprint density at radius 2 is 1.97 bits per heavy atom. The molecule has 5 rings (SSSR count). The number of nitrogen functional groups attached to an aromatic ring is 1. The van der Waals surface area contributed by atoms with E-state index in [4.69, 9.17) is 11.5 Å². The van der Waals surface area contributed by atoms with E-state index < -0.39 is 17.5 Å². The smallest absolute Gasteiger partial charge is 0.261 e. The number of anilines is 3. The molecule has 1 atom stereocenters.